The van der Waals surface area contributed by atoms with Gasteiger partial charge in [-0.05, 0) is 6.07 Å². The van der Waals surface area contributed by atoms with Gasteiger partial charge >= 0.3 is 0 Å². The van der Waals surface area contributed by atoms with E-state index in [2.05, 4.69) is 25.3 Å². The van der Waals surface area contributed by atoms with Crippen molar-refractivity contribution in [3.8, 4) is 0 Å². The molecule has 5 heteroatoms. The van der Waals surface area contributed by atoms with Crippen LogP contribution >= 0.6 is 0 Å². The summed E-state index contributed by atoms with van der Waals surface area (Å²) in [6.07, 6.45) is 6.67. The Morgan fingerprint density at radius 2 is 2.06 bits per heavy atom. The Hall–Kier alpha value is -2.30. The van der Waals surface area contributed by atoms with E-state index < -0.39 is 0 Å². The van der Waals surface area contributed by atoms with Crippen LogP contribution < -0.4 is 5.32 Å². The Morgan fingerprint density at radius 1 is 1.19 bits per heavy atom. The molecule has 0 saturated heterocycles. The van der Waals surface area contributed by atoms with Gasteiger partial charge in [0.1, 0.15) is 12.0 Å². The highest BCUT2D eigenvalue weighted by Crippen LogP contribution is 2.17. The fourth-order valence-electron chi connectivity index (χ4n) is 1.62. The van der Waals surface area contributed by atoms with Crippen molar-refractivity contribution >= 4 is 11.5 Å². The lowest BCUT2D eigenvalue weighted by Crippen LogP contribution is -2.13. The maximum Gasteiger partial charge on any atom is 0.152 e. The number of hydrogen-bond acceptors (Lipinski definition) is 5. The zero-order chi connectivity index (χ0) is 10.8. The third kappa shape index (κ3) is 1.52. The van der Waals surface area contributed by atoms with E-state index in [1.807, 2.05) is 12.1 Å². The fourth-order valence-corrected chi connectivity index (χ4v) is 1.62. The van der Waals surface area contributed by atoms with Gasteiger partial charge in [-0.15, -0.1) is 0 Å². The molecule has 0 fully saturated rings. The molecule has 0 atom stereocenters. The molecule has 1 aliphatic heterocycles. The minimum atomic E-state index is 0.680. The zero-order valence-corrected chi connectivity index (χ0v) is 8.46. The topological polar surface area (TPSA) is 63.1 Å². The first-order valence-corrected chi connectivity index (χ1v) is 4.94. The van der Waals surface area contributed by atoms with Crippen molar-refractivity contribution in [2.75, 3.05) is 5.32 Å². The molecular weight excluding hydrogens is 202 g/mol. The second-order valence-corrected chi connectivity index (χ2v) is 3.43. The number of nitrogens with one attached hydrogen (secondary N) is 1. The van der Waals surface area contributed by atoms with E-state index in [0.717, 1.165) is 22.8 Å². The van der Waals surface area contributed by atoms with Gasteiger partial charge in [-0.25, -0.2) is 9.97 Å². The summed E-state index contributed by atoms with van der Waals surface area (Å²) in [6.45, 7) is 0.680. The van der Waals surface area contributed by atoms with Crippen LogP contribution in [0.5, 0.6) is 0 Å². The number of aromatic nitrogens is 3. The van der Waals surface area contributed by atoms with Crippen LogP contribution in [0.25, 0.3) is 0 Å². The minimum Gasteiger partial charge on any atom is -0.336 e. The van der Waals surface area contributed by atoms with Crippen LogP contribution in [0.15, 0.2) is 42.0 Å². The van der Waals surface area contributed by atoms with E-state index in [0.29, 0.717) is 6.54 Å². The highest BCUT2D eigenvalue weighted by Gasteiger charge is 2.16. The van der Waals surface area contributed by atoms with Gasteiger partial charge in [-0.1, -0.05) is 6.07 Å². The molecule has 1 aliphatic rings. The lowest BCUT2D eigenvalue weighted by Gasteiger charge is -2.04. The van der Waals surface area contributed by atoms with Crippen LogP contribution in [0, 0.1) is 0 Å². The normalized spacial score (nSPS) is 13.1. The summed E-state index contributed by atoms with van der Waals surface area (Å²) in [5.41, 5.74) is 2.87. The quantitative estimate of drug-likeness (QED) is 0.770. The van der Waals surface area contributed by atoms with Gasteiger partial charge in [0.2, 0.25) is 0 Å². The second kappa shape index (κ2) is 3.69. The summed E-state index contributed by atoms with van der Waals surface area (Å²) < 4.78 is 0. The molecule has 78 valence electrons. The van der Waals surface area contributed by atoms with E-state index in [4.69, 9.17) is 0 Å². The second-order valence-electron chi connectivity index (χ2n) is 3.43. The van der Waals surface area contributed by atoms with Gasteiger partial charge in [-0.3, -0.25) is 9.98 Å². The van der Waals surface area contributed by atoms with Crippen molar-refractivity contribution in [1.29, 1.82) is 0 Å². The van der Waals surface area contributed by atoms with Gasteiger partial charge in [0, 0.05) is 11.8 Å². The van der Waals surface area contributed by atoms with Crippen LogP contribution in [-0.4, -0.2) is 20.8 Å². The molecule has 2 aromatic heterocycles. The highest BCUT2D eigenvalue weighted by atomic mass is 15.1. The van der Waals surface area contributed by atoms with Crippen molar-refractivity contribution in [1.82, 2.24) is 15.0 Å². The summed E-state index contributed by atoms with van der Waals surface area (Å²) in [7, 11) is 0. The van der Waals surface area contributed by atoms with Crippen LogP contribution in [0.1, 0.15) is 11.3 Å². The average molecular weight is 211 g/mol. The van der Waals surface area contributed by atoms with E-state index in [-0.39, 0.29) is 0 Å². The summed E-state index contributed by atoms with van der Waals surface area (Å²) in [6, 6.07) is 3.95. The Morgan fingerprint density at radius 3 is 2.94 bits per heavy atom. The number of nitrogens with zero attached hydrogens (tertiary/aromatic N) is 4. The van der Waals surface area contributed by atoms with Crippen LogP contribution in [0.4, 0.5) is 5.69 Å². The number of rotatable bonds is 1. The van der Waals surface area contributed by atoms with Crippen molar-refractivity contribution in [2.45, 2.75) is 6.54 Å². The third-order valence-corrected chi connectivity index (χ3v) is 2.35. The van der Waals surface area contributed by atoms with Crippen LogP contribution in [-0.2, 0) is 6.54 Å². The number of aliphatic imine (C=N–C) groups is 1. The van der Waals surface area contributed by atoms with Crippen LogP contribution in [0.2, 0.25) is 0 Å². The number of fused-ring (bicyclic) bond motifs is 1. The summed E-state index contributed by atoms with van der Waals surface area (Å²) in [5, 5.41) is 3.16. The van der Waals surface area contributed by atoms with E-state index in [1.54, 1.807) is 18.6 Å². The average Bonchev–Trinajstić information content (AvgIpc) is 2.74. The van der Waals surface area contributed by atoms with E-state index in [9.17, 15) is 0 Å². The fraction of sp³-hybridized carbons (Fsp3) is 0.0909. The van der Waals surface area contributed by atoms with Gasteiger partial charge in [0.15, 0.2) is 5.84 Å². The summed E-state index contributed by atoms with van der Waals surface area (Å²) >= 11 is 0. The first kappa shape index (κ1) is 8.96. The minimum absolute atomic E-state index is 0.680. The molecule has 0 radical (unpaired) electrons. The van der Waals surface area contributed by atoms with Crippen molar-refractivity contribution in [3.05, 3.63) is 48.3 Å². The number of amidine groups is 1. The number of pyridine rings is 1. The Labute approximate surface area is 92.3 Å². The van der Waals surface area contributed by atoms with Gasteiger partial charge < -0.3 is 5.32 Å². The molecule has 2 aromatic rings. The number of hydrogen-bond donors (Lipinski definition) is 1. The molecule has 0 aromatic carbocycles. The molecule has 0 bridgehead atoms. The smallest absolute Gasteiger partial charge is 0.152 e. The molecule has 0 saturated carbocycles. The molecule has 16 heavy (non-hydrogen) atoms. The molecule has 0 spiro atoms. The maximum atomic E-state index is 4.39. The van der Waals surface area contributed by atoms with Crippen molar-refractivity contribution < 1.29 is 0 Å². The summed E-state index contributed by atoms with van der Waals surface area (Å²) in [5.74, 6) is 0.783. The van der Waals surface area contributed by atoms with Crippen LogP contribution in [0.3, 0.4) is 0 Å². The first-order chi connectivity index (χ1) is 7.93. The molecule has 0 aliphatic carbocycles. The lowest BCUT2D eigenvalue weighted by atomic mass is 10.2. The zero-order valence-electron chi connectivity index (χ0n) is 8.46. The first-order valence-electron chi connectivity index (χ1n) is 4.94. The summed E-state index contributed by atoms with van der Waals surface area (Å²) in [4.78, 5) is 16.6. The monoisotopic (exact) mass is 211 g/mol. The standard InChI is InChI=1S/C11H9N5/c1-2-8-4-15-11(10(8)14-3-1)16-9-5-12-7-13-6-9/h1-3,5-7H,4H2,(H,15,16). The van der Waals surface area contributed by atoms with Gasteiger partial charge in [0.25, 0.3) is 0 Å². The molecule has 3 rings (SSSR count). The third-order valence-electron chi connectivity index (χ3n) is 2.35. The van der Waals surface area contributed by atoms with Gasteiger partial charge in [0.05, 0.1) is 24.6 Å². The molecular formula is C11H9N5. The Kier molecular flexibility index (Phi) is 2.07. The predicted molar refractivity (Wildman–Crippen MR) is 60.1 cm³/mol. The lowest BCUT2D eigenvalue weighted by molar-refractivity contribution is 1.09. The van der Waals surface area contributed by atoms with Gasteiger partial charge in [-0.2, -0.15) is 0 Å². The Bertz CT molecular complexity index is 535. The maximum absolute atomic E-state index is 4.39. The molecule has 5 nitrogen and oxygen atoms in total. The van der Waals surface area contributed by atoms with Crippen molar-refractivity contribution in [2.24, 2.45) is 4.99 Å². The SMILES string of the molecule is c1cnc2c(c1)CN=C2Nc1cncnc1. The van der Waals surface area contributed by atoms with Crippen molar-refractivity contribution in [3.63, 3.8) is 0 Å². The molecule has 1 N–H and O–H groups in total. The van der Waals surface area contributed by atoms with E-state index in [1.165, 1.54) is 6.33 Å². The number of anilines is 1. The van der Waals surface area contributed by atoms with E-state index >= 15 is 0 Å². The highest BCUT2D eigenvalue weighted by molar-refractivity contribution is 6.09. The molecule has 0 amide bonds. The molecule has 0 unspecified atom stereocenters. The predicted octanol–water partition coefficient (Wildman–Crippen LogP) is 1.24. The molecule has 3 heterocycles. The Balaban J connectivity index is 1.89. The largest absolute Gasteiger partial charge is 0.336 e.